The first kappa shape index (κ1) is 28.0. The molecule has 0 bridgehead atoms. The summed E-state index contributed by atoms with van der Waals surface area (Å²) in [4.78, 5) is 39.3. The van der Waals surface area contributed by atoms with Gasteiger partial charge in [0.2, 0.25) is 0 Å². The van der Waals surface area contributed by atoms with Crippen LogP contribution in [0.4, 0.5) is 5.00 Å². The minimum absolute atomic E-state index is 0.216. The molecular weight excluding hydrogens is 538 g/mol. The molecule has 0 radical (unpaired) electrons. The van der Waals surface area contributed by atoms with E-state index in [2.05, 4.69) is 22.8 Å². The van der Waals surface area contributed by atoms with Crippen molar-refractivity contribution in [3.05, 3.63) is 87.9 Å². The minimum Gasteiger partial charge on any atom is -0.462 e. The van der Waals surface area contributed by atoms with Gasteiger partial charge in [-0.2, -0.15) is 10.2 Å². The van der Waals surface area contributed by atoms with Gasteiger partial charge in [0.15, 0.2) is 0 Å². The van der Waals surface area contributed by atoms with Crippen LogP contribution in [0.25, 0.3) is 16.9 Å². The number of anilines is 1. The van der Waals surface area contributed by atoms with E-state index in [1.807, 2.05) is 67.7 Å². The van der Waals surface area contributed by atoms with Crippen LogP contribution in [0, 0.1) is 12.8 Å². The number of hydrogen-bond donors (Lipinski definition) is 2. The molecule has 0 fully saturated rings. The largest absolute Gasteiger partial charge is 0.462 e. The number of aromatic nitrogens is 2. The van der Waals surface area contributed by atoms with Gasteiger partial charge in [0.25, 0.3) is 0 Å². The number of esters is 1. The predicted molar refractivity (Wildman–Crippen MR) is 160 cm³/mol. The number of aryl methyl sites for hydroxylation is 1. The summed E-state index contributed by atoms with van der Waals surface area (Å²) < 4.78 is 6.99. The van der Waals surface area contributed by atoms with Crippen LogP contribution in [-0.4, -0.2) is 40.4 Å². The summed E-state index contributed by atoms with van der Waals surface area (Å²) in [5.41, 5.74) is 7.76. The van der Waals surface area contributed by atoms with Gasteiger partial charge in [0.05, 0.1) is 24.1 Å². The number of hydrogen-bond acceptors (Lipinski definition) is 7. The number of carbonyl (C=O) groups is 3. The fraction of sp³-hybridized carbons (Fsp3) is 0.258. The van der Waals surface area contributed by atoms with Crippen molar-refractivity contribution in [2.24, 2.45) is 11.0 Å². The normalized spacial score (nSPS) is 14.5. The van der Waals surface area contributed by atoms with Gasteiger partial charge in [-0.05, 0) is 56.7 Å². The van der Waals surface area contributed by atoms with E-state index in [1.165, 1.54) is 17.6 Å². The number of amides is 2. The first-order chi connectivity index (χ1) is 19.8. The van der Waals surface area contributed by atoms with E-state index in [4.69, 9.17) is 9.84 Å². The van der Waals surface area contributed by atoms with E-state index in [9.17, 15) is 14.4 Å². The van der Waals surface area contributed by atoms with Gasteiger partial charge in [-0.15, -0.1) is 11.3 Å². The highest BCUT2D eigenvalue weighted by Gasteiger charge is 2.30. The summed E-state index contributed by atoms with van der Waals surface area (Å²) >= 11 is 1.33. The predicted octanol–water partition coefficient (Wildman–Crippen LogP) is 5.30. The molecule has 0 unspecified atom stereocenters. The molecule has 0 saturated heterocycles. The molecule has 210 valence electrons. The number of nitrogens with zero attached hydrogens (tertiary/aromatic N) is 3. The number of ether oxygens (including phenoxy) is 1. The Morgan fingerprint density at radius 3 is 2.61 bits per heavy atom. The van der Waals surface area contributed by atoms with Gasteiger partial charge in [0, 0.05) is 22.2 Å². The van der Waals surface area contributed by atoms with E-state index < -0.39 is 17.8 Å². The van der Waals surface area contributed by atoms with Gasteiger partial charge in [-0.1, -0.05) is 55.0 Å². The average molecular weight is 570 g/mol. The third-order valence-corrected chi connectivity index (χ3v) is 8.05. The molecule has 10 heteroatoms. The van der Waals surface area contributed by atoms with Crippen LogP contribution in [0.1, 0.15) is 52.2 Å². The summed E-state index contributed by atoms with van der Waals surface area (Å²) in [5, 5.41) is 11.7. The fourth-order valence-electron chi connectivity index (χ4n) is 4.76. The number of nitrogens with one attached hydrogen (secondary N) is 2. The smallest absolute Gasteiger partial charge is 0.341 e. The third-order valence-electron chi connectivity index (χ3n) is 6.88. The zero-order valence-corrected chi connectivity index (χ0v) is 24.0. The maximum Gasteiger partial charge on any atom is 0.341 e. The van der Waals surface area contributed by atoms with Crippen molar-refractivity contribution >= 4 is 40.3 Å². The maximum atomic E-state index is 12.8. The summed E-state index contributed by atoms with van der Waals surface area (Å²) in [5.74, 6) is -1.89. The molecule has 41 heavy (non-hydrogen) atoms. The second-order valence-corrected chi connectivity index (χ2v) is 11.1. The number of thiophene rings is 1. The van der Waals surface area contributed by atoms with Gasteiger partial charge in [-0.3, -0.25) is 9.59 Å². The summed E-state index contributed by atoms with van der Waals surface area (Å²) in [6.45, 7) is 6.12. The molecule has 1 aliphatic rings. The minimum atomic E-state index is -0.955. The van der Waals surface area contributed by atoms with Gasteiger partial charge >= 0.3 is 17.8 Å². The molecule has 1 atom stereocenters. The van der Waals surface area contributed by atoms with Crippen molar-refractivity contribution in [3.8, 4) is 16.9 Å². The number of benzene rings is 2. The van der Waals surface area contributed by atoms with Crippen LogP contribution in [0.5, 0.6) is 0 Å². The number of rotatable bonds is 7. The Labute approximate surface area is 242 Å². The molecule has 4 aromatic rings. The first-order valence-electron chi connectivity index (χ1n) is 13.5. The Balaban J connectivity index is 1.34. The van der Waals surface area contributed by atoms with Gasteiger partial charge in [0.1, 0.15) is 10.7 Å². The topological polar surface area (TPSA) is 115 Å². The van der Waals surface area contributed by atoms with E-state index in [0.29, 0.717) is 27.7 Å². The number of hydrazone groups is 1. The van der Waals surface area contributed by atoms with Gasteiger partial charge < -0.3 is 10.1 Å². The van der Waals surface area contributed by atoms with E-state index >= 15 is 0 Å². The highest BCUT2D eigenvalue weighted by atomic mass is 32.1. The summed E-state index contributed by atoms with van der Waals surface area (Å²) in [6, 6.07) is 17.6. The van der Waals surface area contributed by atoms with E-state index in [1.54, 1.807) is 11.6 Å². The van der Waals surface area contributed by atoms with Crippen LogP contribution < -0.4 is 10.7 Å². The highest BCUT2D eigenvalue weighted by Crippen LogP contribution is 2.40. The number of para-hydroxylation sites is 1. The molecule has 1 aliphatic carbocycles. The molecule has 5 rings (SSSR count). The number of fused-ring (bicyclic) bond motifs is 1. The molecule has 2 N–H and O–H groups in total. The molecule has 2 heterocycles. The van der Waals surface area contributed by atoms with Crippen LogP contribution in [0.3, 0.4) is 0 Å². The standard InChI is InChI=1S/C31H31N5O4S/c1-4-40-31(39)26-24-15-12-20(3)16-25(24)41-30(26)33-28(37)29(38)34-32-17-22-18-36(23-8-6-5-7-9-23)35-27(22)21-13-10-19(2)11-14-21/h5-11,13-14,17-18,20H,4,12,15-16H2,1-3H3,(H,33,37)(H,34,38)/b32-17-/t20-/m1/s1. The van der Waals surface area contributed by atoms with Crippen LogP contribution in [0.15, 0.2) is 65.9 Å². The number of carbonyl (C=O) groups excluding carboxylic acids is 3. The van der Waals surface area contributed by atoms with Crippen molar-refractivity contribution in [2.45, 2.75) is 40.0 Å². The van der Waals surface area contributed by atoms with Gasteiger partial charge in [-0.25, -0.2) is 14.9 Å². The van der Waals surface area contributed by atoms with Crippen LogP contribution in [0.2, 0.25) is 0 Å². The Kier molecular flexibility index (Phi) is 8.39. The lowest BCUT2D eigenvalue weighted by molar-refractivity contribution is -0.136. The van der Waals surface area contributed by atoms with Crippen LogP contribution >= 0.6 is 11.3 Å². The van der Waals surface area contributed by atoms with Crippen molar-refractivity contribution in [3.63, 3.8) is 0 Å². The lowest BCUT2D eigenvalue weighted by atomic mass is 9.88. The first-order valence-corrected chi connectivity index (χ1v) is 14.3. The maximum absolute atomic E-state index is 12.8. The molecule has 0 aliphatic heterocycles. The monoisotopic (exact) mass is 569 g/mol. The van der Waals surface area contributed by atoms with E-state index in [0.717, 1.165) is 46.5 Å². The third kappa shape index (κ3) is 6.28. The van der Waals surface area contributed by atoms with Crippen molar-refractivity contribution in [2.75, 3.05) is 11.9 Å². The molecule has 0 spiro atoms. The Bertz CT molecular complexity index is 1610. The highest BCUT2D eigenvalue weighted by molar-refractivity contribution is 7.17. The summed E-state index contributed by atoms with van der Waals surface area (Å²) in [6.07, 6.45) is 5.77. The SMILES string of the molecule is CCOC(=O)c1c(NC(=O)C(=O)N/N=C\c2cn(-c3ccccc3)nc2-c2ccc(C)cc2)sc2c1CC[C@@H](C)C2. The molecule has 0 saturated carbocycles. The molecule has 9 nitrogen and oxygen atoms in total. The molecular formula is C31H31N5O4S. The molecule has 2 amide bonds. The lowest BCUT2D eigenvalue weighted by Gasteiger charge is -2.18. The Morgan fingerprint density at radius 2 is 1.88 bits per heavy atom. The quantitative estimate of drug-likeness (QED) is 0.136. The van der Waals surface area contributed by atoms with Crippen molar-refractivity contribution in [1.82, 2.24) is 15.2 Å². The second kappa shape index (κ2) is 12.3. The second-order valence-electron chi connectivity index (χ2n) is 10.0. The molecule has 2 aromatic carbocycles. The summed E-state index contributed by atoms with van der Waals surface area (Å²) in [7, 11) is 0. The zero-order chi connectivity index (χ0) is 28.9. The Morgan fingerprint density at radius 1 is 1.12 bits per heavy atom. The zero-order valence-electron chi connectivity index (χ0n) is 23.1. The fourth-order valence-corrected chi connectivity index (χ4v) is 6.15. The van der Waals surface area contributed by atoms with Crippen molar-refractivity contribution < 1.29 is 19.1 Å². The van der Waals surface area contributed by atoms with Crippen molar-refractivity contribution in [1.29, 1.82) is 0 Å². The Hall–Kier alpha value is -4.57. The van der Waals surface area contributed by atoms with E-state index in [-0.39, 0.29) is 6.61 Å². The van der Waals surface area contributed by atoms with Crippen LogP contribution in [-0.2, 0) is 27.2 Å². The molecule has 2 aromatic heterocycles. The lowest BCUT2D eigenvalue weighted by Crippen LogP contribution is -2.32. The average Bonchev–Trinajstić information content (AvgIpc) is 3.55.